The van der Waals surface area contributed by atoms with E-state index < -0.39 is 40.4 Å². The van der Waals surface area contributed by atoms with Gasteiger partial charge in [-0.25, -0.2) is 4.39 Å². The number of ether oxygens (including phenoxy) is 2. The molecule has 1 spiro atoms. The quantitative estimate of drug-likeness (QED) is 0.359. The molecule has 3 heterocycles. The molecule has 3 aliphatic heterocycles. The van der Waals surface area contributed by atoms with Crippen LogP contribution in [-0.2, 0) is 19.7 Å². The lowest BCUT2D eigenvalue weighted by Gasteiger charge is -2.48. The van der Waals surface area contributed by atoms with E-state index in [9.17, 15) is 14.0 Å². The zero-order valence-corrected chi connectivity index (χ0v) is 22.8. The van der Waals surface area contributed by atoms with Crippen LogP contribution in [-0.4, -0.2) is 36.5 Å². The number of nitrogens with one attached hydrogen (secondary N) is 2. The molecule has 0 bridgehead atoms. The number of rotatable bonds is 4. The van der Waals surface area contributed by atoms with Crippen LogP contribution in [0.25, 0.3) is 0 Å². The third-order valence-electron chi connectivity index (χ3n) is 7.78. The Morgan fingerprint density at radius 3 is 2.49 bits per heavy atom. The highest BCUT2D eigenvalue weighted by Gasteiger charge is 2.64. The number of piperidine rings is 1. The van der Waals surface area contributed by atoms with Crippen molar-refractivity contribution in [1.29, 1.82) is 0 Å². The van der Waals surface area contributed by atoms with Gasteiger partial charge in [-0.1, -0.05) is 41.4 Å². The molecule has 2 saturated heterocycles. The fourth-order valence-electron chi connectivity index (χ4n) is 6.10. The minimum absolute atomic E-state index is 0.114. The molecule has 0 saturated carbocycles. The van der Waals surface area contributed by atoms with E-state index in [-0.39, 0.29) is 6.10 Å². The van der Waals surface area contributed by atoms with E-state index in [1.807, 2.05) is 0 Å². The molecule has 6 rings (SSSR count). The standard InChI is InChI=1S/C29H24Cl3FN2O4/c30-16-5-7-23(39-19-8-10-38-11-9-19)20(13-16)26-29(21-6-4-17(31)14-22(21)34-28(29)37)24(25(32)27(36)35-26)15-2-1-3-18(33)12-15/h1-7,12-14,19,24-26H,8-11H2,(H,34,37)(H,35,36)/t24-,25+,26-,29+/m1/s1. The molecule has 10 heteroatoms. The average Bonchev–Trinajstić information content (AvgIpc) is 3.19. The average molecular weight is 590 g/mol. The lowest BCUT2D eigenvalue weighted by Crippen LogP contribution is -2.61. The molecule has 202 valence electrons. The number of alkyl halides is 1. The van der Waals surface area contributed by atoms with Crippen molar-refractivity contribution in [2.75, 3.05) is 18.5 Å². The van der Waals surface area contributed by atoms with Crippen LogP contribution in [0.5, 0.6) is 5.75 Å². The van der Waals surface area contributed by atoms with Crippen LogP contribution in [0, 0.1) is 5.82 Å². The first-order valence-electron chi connectivity index (χ1n) is 12.6. The van der Waals surface area contributed by atoms with Gasteiger partial charge in [-0.2, -0.15) is 0 Å². The van der Waals surface area contributed by atoms with Gasteiger partial charge in [0.15, 0.2) is 0 Å². The minimum Gasteiger partial charge on any atom is -0.490 e. The Balaban J connectivity index is 1.60. The third-order valence-corrected chi connectivity index (χ3v) is 8.70. The molecule has 2 N–H and O–H groups in total. The van der Waals surface area contributed by atoms with Gasteiger partial charge in [0.25, 0.3) is 0 Å². The summed E-state index contributed by atoms with van der Waals surface area (Å²) in [5.74, 6) is -1.85. The summed E-state index contributed by atoms with van der Waals surface area (Å²) in [5.41, 5.74) is 0.533. The second-order valence-corrected chi connectivity index (χ2v) is 11.3. The fraction of sp³-hybridized carbons (Fsp3) is 0.310. The van der Waals surface area contributed by atoms with Crippen LogP contribution in [0.4, 0.5) is 10.1 Å². The van der Waals surface area contributed by atoms with Crippen molar-refractivity contribution in [3.63, 3.8) is 0 Å². The van der Waals surface area contributed by atoms with Crippen molar-refractivity contribution in [3.05, 3.63) is 93.2 Å². The number of halogens is 4. The second kappa shape index (κ2) is 10.3. The topological polar surface area (TPSA) is 76.7 Å². The van der Waals surface area contributed by atoms with Crippen LogP contribution >= 0.6 is 34.8 Å². The molecular formula is C29H24Cl3FN2O4. The van der Waals surface area contributed by atoms with Crippen LogP contribution in [0.15, 0.2) is 60.7 Å². The van der Waals surface area contributed by atoms with Crippen molar-refractivity contribution in [3.8, 4) is 5.75 Å². The maximum Gasteiger partial charge on any atom is 0.239 e. The first kappa shape index (κ1) is 26.4. The first-order chi connectivity index (χ1) is 18.8. The maximum atomic E-state index is 14.6. The molecule has 0 aliphatic carbocycles. The zero-order valence-electron chi connectivity index (χ0n) is 20.6. The molecular weight excluding hydrogens is 566 g/mol. The van der Waals surface area contributed by atoms with Crippen LogP contribution < -0.4 is 15.4 Å². The van der Waals surface area contributed by atoms with Gasteiger partial charge in [-0.15, -0.1) is 11.6 Å². The Kier molecular flexibility index (Phi) is 6.96. The van der Waals surface area contributed by atoms with Crippen molar-refractivity contribution in [1.82, 2.24) is 5.32 Å². The van der Waals surface area contributed by atoms with Gasteiger partial charge < -0.3 is 20.1 Å². The number of hydrogen-bond acceptors (Lipinski definition) is 4. The number of carbonyl (C=O) groups is 2. The summed E-state index contributed by atoms with van der Waals surface area (Å²) in [6.07, 6.45) is 1.28. The van der Waals surface area contributed by atoms with Crippen LogP contribution in [0.2, 0.25) is 10.0 Å². The van der Waals surface area contributed by atoms with E-state index in [1.165, 1.54) is 18.2 Å². The number of hydrogen-bond donors (Lipinski definition) is 2. The molecule has 2 amide bonds. The zero-order chi connectivity index (χ0) is 27.3. The van der Waals surface area contributed by atoms with Crippen molar-refractivity contribution < 1.29 is 23.5 Å². The Morgan fingerprint density at radius 2 is 1.72 bits per heavy atom. The molecule has 2 fully saturated rings. The molecule has 3 aromatic rings. The summed E-state index contributed by atoms with van der Waals surface area (Å²) >= 11 is 19.6. The number of carbonyl (C=O) groups excluding carboxylic acids is 2. The van der Waals surface area contributed by atoms with E-state index in [2.05, 4.69) is 10.6 Å². The highest BCUT2D eigenvalue weighted by Crippen LogP contribution is 2.59. The monoisotopic (exact) mass is 588 g/mol. The number of benzene rings is 3. The first-order valence-corrected chi connectivity index (χ1v) is 13.8. The van der Waals surface area contributed by atoms with Crippen molar-refractivity contribution >= 4 is 52.3 Å². The van der Waals surface area contributed by atoms with E-state index in [1.54, 1.807) is 42.5 Å². The van der Waals surface area contributed by atoms with Gasteiger partial charge in [0.1, 0.15) is 28.5 Å². The fourth-order valence-corrected chi connectivity index (χ4v) is 6.86. The molecule has 3 aliphatic rings. The van der Waals surface area contributed by atoms with Gasteiger partial charge >= 0.3 is 0 Å². The van der Waals surface area contributed by atoms with Gasteiger partial charge in [-0.3, -0.25) is 9.59 Å². The largest absolute Gasteiger partial charge is 0.490 e. The Hall–Kier alpha value is -2.84. The molecule has 0 radical (unpaired) electrons. The van der Waals surface area contributed by atoms with E-state index in [0.717, 1.165) is 0 Å². The normalized spacial score (nSPS) is 26.7. The number of anilines is 1. The van der Waals surface area contributed by atoms with Gasteiger partial charge in [-0.05, 0) is 53.6 Å². The van der Waals surface area contributed by atoms with Gasteiger partial charge in [0.05, 0.1) is 19.3 Å². The predicted octanol–water partition coefficient (Wildman–Crippen LogP) is 6.14. The molecule has 39 heavy (non-hydrogen) atoms. The molecule has 3 aromatic carbocycles. The van der Waals surface area contributed by atoms with Crippen LogP contribution in [0.1, 0.15) is 41.5 Å². The maximum absolute atomic E-state index is 14.6. The van der Waals surface area contributed by atoms with Crippen LogP contribution in [0.3, 0.4) is 0 Å². The van der Waals surface area contributed by atoms with Crippen molar-refractivity contribution in [2.45, 2.75) is 41.7 Å². The predicted molar refractivity (Wildman–Crippen MR) is 147 cm³/mol. The number of fused-ring (bicyclic) bond motifs is 2. The summed E-state index contributed by atoms with van der Waals surface area (Å²) in [7, 11) is 0. The van der Waals surface area contributed by atoms with Crippen molar-refractivity contribution in [2.24, 2.45) is 0 Å². The highest BCUT2D eigenvalue weighted by atomic mass is 35.5. The second-order valence-electron chi connectivity index (χ2n) is 10.0. The summed E-state index contributed by atoms with van der Waals surface area (Å²) < 4.78 is 26.5. The number of amides is 2. The summed E-state index contributed by atoms with van der Waals surface area (Å²) in [6.45, 7) is 1.15. The molecule has 0 unspecified atom stereocenters. The lowest BCUT2D eigenvalue weighted by molar-refractivity contribution is -0.131. The van der Waals surface area contributed by atoms with Gasteiger partial charge in [0.2, 0.25) is 11.8 Å². The summed E-state index contributed by atoms with van der Waals surface area (Å²) in [5, 5.41) is 5.59. The van der Waals surface area contributed by atoms with E-state index >= 15 is 0 Å². The SMILES string of the molecule is O=C1N[C@H](c2cc(Cl)ccc2OC2CCOCC2)[C@@]2(C(=O)Nc3cc(Cl)ccc32)[C@H](c2cccc(F)c2)[C@@H]1Cl. The van der Waals surface area contributed by atoms with E-state index in [0.29, 0.717) is 64.2 Å². The van der Waals surface area contributed by atoms with Gasteiger partial charge in [0, 0.05) is 40.1 Å². The Bertz CT molecular complexity index is 1460. The summed E-state index contributed by atoms with van der Waals surface area (Å²) in [6, 6.07) is 15.1. The summed E-state index contributed by atoms with van der Waals surface area (Å²) in [4.78, 5) is 27.7. The third kappa shape index (κ3) is 4.45. The van der Waals surface area contributed by atoms with E-state index in [4.69, 9.17) is 44.3 Å². The molecule has 0 aromatic heterocycles. The highest BCUT2D eigenvalue weighted by molar-refractivity contribution is 6.33. The molecule has 4 atom stereocenters. The molecule has 6 nitrogen and oxygen atoms in total. The lowest BCUT2D eigenvalue weighted by atomic mass is 9.59. The minimum atomic E-state index is -1.48. The Labute approximate surface area is 239 Å². The smallest absolute Gasteiger partial charge is 0.239 e. The Morgan fingerprint density at radius 1 is 0.974 bits per heavy atom.